The second-order valence-corrected chi connectivity index (χ2v) is 50.2. The van der Waals surface area contributed by atoms with E-state index < -0.39 is 49.9 Å². The van der Waals surface area contributed by atoms with Gasteiger partial charge in [-0.1, -0.05) is 148 Å². The molecule has 0 heterocycles. The largest absolute Gasteiger partial charge is 0.846 e. The first-order chi connectivity index (χ1) is 33.0. The molecule has 0 aromatic rings. The van der Waals surface area contributed by atoms with Crippen molar-refractivity contribution in [2.24, 2.45) is 0 Å². The highest BCUT2D eigenvalue weighted by molar-refractivity contribution is 8.71. The fourth-order valence-corrected chi connectivity index (χ4v) is 2.26. The summed E-state index contributed by atoms with van der Waals surface area (Å²) in [6.07, 6.45) is 16.9. The van der Waals surface area contributed by atoms with Gasteiger partial charge in [0, 0.05) is 25.9 Å². The quantitative estimate of drug-likeness (QED) is 0.0671. The minimum absolute atomic E-state index is 0.0926. The fourth-order valence-electron chi connectivity index (χ4n) is 0.920. The van der Waals surface area contributed by atoms with Gasteiger partial charge in [-0.3, -0.25) is 12.1 Å². The van der Waals surface area contributed by atoms with Gasteiger partial charge in [0.05, 0.1) is 4.99 Å². The van der Waals surface area contributed by atoms with E-state index in [1.807, 2.05) is 83.1 Å². The number of carbonyl (C=O) groups is 3. The van der Waals surface area contributed by atoms with Crippen LogP contribution in [0.1, 0.15) is 157 Å². The lowest BCUT2D eigenvalue weighted by molar-refractivity contribution is -0.305. The van der Waals surface area contributed by atoms with Crippen molar-refractivity contribution in [3.63, 3.8) is 0 Å². The summed E-state index contributed by atoms with van der Waals surface area (Å²) in [6, 6.07) is 0. The molecule has 0 saturated heterocycles. The summed E-state index contributed by atoms with van der Waals surface area (Å²) in [6.45, 7) is 35.1. The molecular formula is C44H100N2O11P7S10-13. The van der Waals surface area contributed by atoms with Gasteiger partial charge in [-0.15, -0.1) is 55.1 Å². The van der Waals surface area contributed by atoms with E-state index in [1.54, 1.807) is 40.0 Å². The molecule has 0 bridgehead atoms. The molecule has 74 heavy (non-hydrogen) atoms. The van der Waals surface area contributed by atoms with Crippen LogP contribution in [0.25, 0.3) is 0 Å². The average molecular weight is 1370 g/mol. The van der Waals surface area contributed by atoms with Crippen molar-refractivity contribution in [2.75, 3.05) is 75.3 Å². The van der Waals surface area contributed by atoms with Crippen LogP contribution >= 0.6 is 68.3 Å². The molecule has 0 saturated carbocycles. The average Bonchev–Trinajstić information content (AvgIpc) is 3.35. The van der Waals surface area contributed by atoms with Crippen molar-refractivity contribution in [3.8, 4) is 0 Å². The van der Waals surface area contributed by atoms with Crippen LogP contribution in [0.2, 0.25) is 0 Å². The first-order valence-corrected chi connectivity index (χ1v) is 47.1. The topological polar surface area (TPSA) is 254 Å². The van der Waals surface area contributed by atoms with Crippen LogP contribution in [-0.4, -0.2) is 127 Å². The number of carboxylic acid groups (broad SMARTS) is 1. The van der Waals surface area contributed by atoms with E-state index >= 15 is 0 Å². The Labute approximate surface area is 509 Å². The van der Waals surface area contributed by atoms with Gasteiger partial charge in [-0.2, -0.15) is 16.5 Å². The molecule has 0 fully saturated rings. The molecule has 2 N–H and O–H groups in total. The zero-order valence-corrected chi connectivity index (χ0v) is 63.1. The van der Waals surface area contributed by atoms with Crippen LogP contribution in [0.4, 0.5) is 0 Å². The number of amides is 1. The molecule has 0 rings (SSSR count). The van der Waals surface area contributed by atoms with Crippen LogP contribution in [0.5, 0.6) is 0 Å². The summed E-state index contributed by atoms with van der Waals surface area (Å²) in [4.78, 5) is 81.2. The van der Waals surface area contributed by atoms with Crippen molar-refractivity contribution in [3.05, 3.63) is 5.21 Å². The van der Waals surface area contributed by atoms with E-state index in [4.69, 9.17) is 60.4 Å². The van der Waals surface area contributed by atoms with Gasteiger partial charge >= 0.3 is 0 Å². The van der Waals surface area contributed by atoms with E-state index in [0.29, 0.717) is 53.1 Å². The number of carbonyl (C=O) groups excluding carboxylic acids is 3. The number of carboxylic acids is 1. The van der Waals surface area contributed by atoms with Crippen molar-refractivity contribution in [1.82, 2.24) is 10.8 Å². The van der Waals surface area contributed by atoms with Gasteiger partial charge < -0.3 is 157 Å². The van der Waals surface area contributed by atoms with Crippen LogP contribution in [0.15, 0.2) is 0 Å². The van der Waals surface area contributed by atoms with E-state index in [1.165, 1.54) is 6.92 Å². The molecule has 460 valence electrons. The van der Waals surface area contributed by atoms with Gasteiger partial charge in [0.25, 0.3) is 0 Å². The van der Waals surface area contributed by atoms with Crippen molar-refractivity contribution in [1.29, 1.82) is 0 Å². The standard InChI is InChI=1S/C5H12OP.C4H9NO.C4H11OPS.C4H8O.C4H11PS2.C3H6NOS.C3H7O2P.C3H6O2.C3H9OPS.C3H7OPS.C3H7PS2.C3H6S2.C2H6/c1-4-7(3,6)5-2;1-3-4(6)5-2;1-3-6(5,7)4-2;1-3-4(2)5;1-3-5(6,7)4-2;1-2-3(6)4-5;1-3-6(2,4)5;1-2-3(4)5;2*1-3-5(2,4)6;1-3-4(2,5)6;1-2-3(4)5;1-2/h3-5H2,1-2H3;3H2,1-2H3,(H,5,6);3-4H2,1-2H3,(H,5,7);3H2,1-2H3;3-4H2,1-2H3,(H,6,7);2H2,1H3,(H-,4,5,6);2-3H2,1H3;2H2,1H3,(H,4,5);3H2,1-2H3,(H,4,6);2*2-3H2,1H3;2H2,1H3,(H,4,5);1-2H3/q-1;;;;;-1;-2;;;2*-2;;/p-5. The number of ketones is 1. The number of rotatable bonds is 15. The highest BCUT2D eigenvalue weighted by Crippen LogP contribution is 2.41. The van der Waals surface area contributed by atoms with Crippen LogP contribution in [-0.2, 0) is 116 Å². The SMILES string of the molecule is C=P([O-])(CC)CC.C=P([O-])([O-])CC.C=P([O-])([S-])CC.C=P([S-])([S-])CC.CC.CCC(=O)NC.CCC(=O)[O-].CCC(=S)N[O-].CCC(=S)[S-].CCC(C)=O.CCP(=S)([S-])CC.CCP(C)(=O)[S-].CCP([O-])(=S)CC. The maximum atomic E-state index is 10.8. The van der Waals surface area contributed by atoms with Crippen molar-refractivity contribution < 1.29 is 48.5 Å². The Balaban J connectivity index is -0.0000000498. The highest BCUT2D eigenvalue weighted by Gasteiger charge is 1.91. The van der Waals surface area contributed by atoms with Crippen molar-refractivity contribution >= 4 is 218 Å². The molecular weight excluding hydrogens is 1270 g/mol. The number of hydrogen-bond acceptors (Lipinski definition) is 21. The Morgan fingerprint density at radius 3 is 0.811 bits per heavy atom. The first-order valence-electron chi connectivity index (χ1n) is 23.8. The molecule has 0 aromatic heterocycles. The fraction of sp³-hybridized carbons (Fsp3) is 0.795. The van der Waals surface area contributed by atoms with Gasteiger partial charge in [-0.05, 0) is 82.3 Å². The maximum absolute atomic E-state index is 10.8. The molecule has 0 aliphatic carbocycles. The predicted molar refractivity (Wildman–Crippen MR) is 372 cm³/mol. The number of aliphatic carboxylic acids is 1. The molecule has 0 aliphatic rings. The van der Waals surface area contributed by atoms with Crippen LogP contribution in [0, 0.1) is 5.21 Å². The highest BCUT2D eigenvalue weighted by atomic mass is 33.1. The second kappa shape index (κ2) is 72.2. The summed E-state index contributed by atoms with van der Waals surface area (Å²) in [5.74, 6) is -0.648. The molecule has 30 heteroatoms. The summed E-state index contributed by atoms with van der Waals surface area (Å²) in [5.41, 5.74) is 1.60. The predicted octanol–water partition coefficient (Wildman–Crippen LogP) is 8.92. The van der Waals surface area contributed by atoms with Crippen LogP contribution < -0.4 is 40.4 Å². The Hall–Kier alpha value is 3.05. The van der Waals surface area contributed by atoms with Gasteiger partial charge in [0.1, 0.15) is 5.78 Å². The third-order valence-electron chi connectivity index (χ3n) is 7.21. The minimum Gasteiger partial charge on any atom is -0.846 e. The first kappa shape index (κ1) is 109. The molecule has 2 atom stereocenters. The van der Waals surface area contributed by atoms with E-state index in [-0.39, 0.29) is 24.3 Å². The summed E-state index contributed by atoms with van der Waals surface area (Å²) in [7, 11) is -3.42. The third kappa shape index (κ3) is 186. The van der Waals surface area contributed by atoms with Crippen LogP contribution in [0.3, 0.4) is 0 Å². The van der Waals surface area contributed by atoms with E-state index in [9.17, 15) is 53.7 Å². The molecule has 0 aliphatic heterocycles. The molecule has 2 unspecified atom stereocenters. The number of Topliss-reactive ketones (excluding diaryl/α,β-unsaturated/α-hetero) is 1. The summed E-state index contributed by atoms with van der Waals surface area (Å²) < 4.78 is 11.1. The lowest BCUT2D eigenvalue weighted by atomic mass is 10.4. The Morgan fingerprint density at radius 1 is 0.554 bits per heavy atom. The molecule has 0 radical (unpaired) electrons. The lowest BCUT2D eigenvalue weighted by Gasteiger charge is -2.38. The second-order valence-electron chi connectivity index (χ2n) is 13.7. The lowest BCUT2D eigenvalue weighted by Crippen LogP contribution is -2.19. The van der Waals surface area contributed by atoms with Gasteiger partial charge in [0.15, 0.2) is 0 Å². The smallest absolute Gasteiger partial charge is 0.219 e. The number of nitrogens with one attached hydrogen (secondary N) is 2. The minimum atomic E-state index is -3.15. The monoisotopic (exact) mass is 1370 g/mol. The molecule has 13 nitrogen and oxygen atoms in total. The summed E-state index contributed by atoms with van der Waals surface area (Å²) >= 11 is 46.9. The maximum Gasteiger partial charge on any atom is 0.219 e. The van der Waals surface area contributed by atoms with E-state index in [0.717, 1.165) is 37.2 Å². The molecule has 0 aromatic carbocycles. The third-order valence-corrected chi connectivity index (χ3v) is 26.1. The molecule has 1 amide bonds. The molecule has 0 spiro atoms. The van der Waals surface area contributed by atoms with Gasteiger partial charge in [-0.25, -0.2) is 0 Å². The Morgan fingerprint density at radius 2 is 0.811 bits per heavy atom. The number of hydrogen-bond donors (Lipinski definition) is 2. The zero-order valence-electron chi connectivity index (χ0n) is 48.6. The number of hydroxylamine groups is 1. The zero-order chi connectivity index (χ0) is 63.4. The Kier molecular flexibility index (Phi) is 106. The van der Waals surface area contributed by atoms with Gasteiger partial charge in [0.2, 0.25) is 5.91 Å². The normalized spacial score (nSPS) is 11.3. The van der Waals surface area contributed by atoms with Crippen molar-refractivity contribution in [2.45, 2.75) is 157 Å². The van der Waals surface area contributed by atoms with E-state index in [2.05, 4.69) is 106 Å². The number of thiocarbonyl (C=S) groups is 2. The Bertz CT molecular complexity index is 1420. The summed E-state index contributed by atoms with van der Waals surface area (Å²) in [5, 5.41) is 18.5.